The Hall–Kier alpha value is -1.39. The van der Waals surface area contributed by atoms with Crippen LogP contribution < -0.4 is 11.1 Å². The first-order valence-electron chi connectivity index (χ1n) is 6.94. The van der Waals surface area contributed by atoms with Crippen molar-refractivity contribution in [3.8, 4) is 0 Å². The van der Waals surface area contributed by atoms with Crippen LogP contribution in [0.3, 0.4) is 0 Å². The Morgan fingerprint density at radius 2 is 2.26 bits per heavy atom. The maximum atomic E-state index is 12.3. The summed E-state index contributed by atoms with van der Waals surface area (Å²) < 4.78 is 5.25. The summed E-state index contributed by atoms with van der Waals surface area (Å²) in [4.78, 5) is 12.3. The van der Waals surface area contributed by atoms with E-state index in [-0.39, 0.29) is 11.9 Å². The van der Waals surface area contributed by atoms with Crippen molar-refractivity contribution < 1.29 is 9.53 Å². The van der Waals surface area contributed by atoms with Gasteiger partial charge in [0, 0.05) is 6.61 Å². The number of hydrogen-bond donors (Lipinski definition) is 2. The van der Waals surface area contributed by atoms with Gasteiger partial charge in [-0.15, -0.1) is 0 Å². The summed E-state index contributed by atoms with van der Waals surface area (Å²) in [7, 11) is 0. The zero-order chi connectivity index (χ0) is 13.3. The quantitative estimate of drug-likeness (QED) is 0.842. The number of nitrogens with two attached hydrogens (primary N) is 1. The fraction of sp³-hybridized carbons (Fsp3) is 0.533. The van der Waals surface area contributed by atoms with Crippen LogP contribution in [-0.2, 0) is 16.0 Å². The van der Waals surface area contributed by atoms with Crippen LogP contribution in [-0.4, -0.2) is 24.7 Å². The Balaban J connectivity index is 1.76. The Morgan fingerprint density at radius 3 is 3.05 bits per heavy atom. The SMILES string of the molecule is NC1(C(=O)NC2CCCc3ccccc32)CCOC1. The molecule has 1 aliphatic carbocycles. The Labute approximate surface area is 113 Å². The van der Waals surface area contributed by atoms with Gasteiger partial charge in [0.2, 0.25) is 5.91 Å². The molecule has 0 saturated carbocycles. The number of rotatable bonds is 2. The first-order chi connectivity index (χ1) is 9.19. The molecule has 0 bridgehead atoms. The van der Waals surface area contributed by atoms with E-state index in [1.165, 1.54) is 11.1 Å². The largest absolute Gasteiger partial charge is 0.379 e. The highest BCUT2D eigenvalue weighted by Gasteiger charge is 2.39. The van der Waals surface area contributed by atoms with Crippen molar-refractivity contribution in [3.05, 3.63) is 35.4 Å². The summed E-state index contributed by atoms with van der Waals surface area (Å²) in [6, 6.07) is 8.43. The highest BCUT2D eigenvalue weighted by Crippen LogP contribution is 2.30. The molecule has 1 aromatic carbocycles. The Bertz CT molecular complexity index is 481. The summed E-state index contributed by atoms with van der Waals surface area (Å²) in [5, 5.41) is 3.11. The maximum Gasteiger partial charge on any atom is 0.243 e. The standard InChI is InChI=1S/C15H20N2O2/c16-15(8-9-19-10-15)14(18)17-13-7-3-5-11-4-1-2-6-12(11)13/h1-2,4,6,13H,3,5,7-10,16H2,(H,17,18). The molecular weight excluding hydrogens is 240 g/mol. The molecule has 1 amide bonds. The molecule has 1 fully saturated rings. The van der Waals surface area contributed by atoms with Gasteiger partial charge < -0.3 is 15.8 Å². The molecule has 102 valence electrons. The lowest BCUT2D eigenvalue weighted by Gasteiger charge is -2.30. The average Bonchev–Trinajstić information content (AvgIpc) is 2.87. The van der Waals surface area contributed by atoms with Crippen LogP contribution in [0, 0.1) is 0 Å². The lowest BCUT2D eigenvalue weighted by molar-refractivity contribution is -0.127. The van der Waals surface area contributed by atoms with Crippen molar-refractivity contribution in [2.45, 2.75) is 37.3 Å². The van der Waals surface area contributed by atoms with Crippen LogP contribution in [0.15, 0.2) is 24.3 Å². The molecule has 1 heterocycles. The number of carbonyl (C=O) groups excluding carboxylic acids is 1. The van der Waals surface area contributed by atoms with Crippen molar-refractivity contribution in [2.24, 2.45) is 5.73 Å². The van der Waals surface area contributed by atoms with E-state index in [4.69, 9.17) is 10.5 Å². The zero-order valence-electron chi connectivity index (χ0n) is 11.0. The lowest BCUT2D eigenvalue weighted by Crippen LogP contribution is -2.55. The van der Waals surface area contributed by atoms with Crippen LogP contribution in [0.1, 0.15) is 36.4 Å². The van der Waals surface area contributed by atoms with E-state index in [9.17, 15) is 4.79 Å². The third-order valence-electron chi connectivity index (χ3n) is 4.18. The van der Waals surface area contributed by atoms with Gasteiger partial charge in [-0.05, 0) is 36.8 Å². The molecule has 0 aromatic heterocycles. The van der Waals surface area contributed by atoms with Gasteiger partial charge in [0.05, 0.1) is 12.6 Å². The van der Waals surface area contributed by atoms with Crippen LogP contribution in [0.5, 0.6) is 0 Å². The number of nitrogens with one attached hydrogen (secondary N) is 1. The van der Waals surface area contributed by atoms with E-state index < -0.39 is 5.54 Å². The van der Waals surface area contributed by atoms with Gasteiger partial charge in [-0.25, -0.2) is 0 Å². The molecule has 1 aromatic rings. The number of fused-ring (bicyclic) bond motifs is 1. The van der Waals surface area contributed by atoms with Gasteiger partial charge in [0.15, 0.2) is 0 Å². The van der Waals surface area contributed by atoms with Crippen LogP contribution in [0.25, 0.3) is 0 Å². The van der Waals surface area contributed by atoms with Gasteiger partial charge >= 0.3 is 0 Å². The molecule has 19 heavy (non-hydrogen) atoms. The first-order valence-corrected chi connectivity index (χ1v) is 6.94. The van der Waals surface area contributed by atoms with Crippen LogP contribution in [0.4, 0.5) is 0 Å². The molecule has 0 spiro atoms. The van der Waals surface area contributed by atoms with Gasteiger partial charge in [-0.2, -0.15) is 0 Å². The number of carbonyl (C=O) groups is 1. The minimum absolute atomic E-state index is 0.0771. The molecule has 0 radical (unpaired) electrons. The maximum absolute atomic E-state index is 12.3. The summed E-state index contributed by atoms with van der Waals surface area (Å²) in [5.41, 5.74) is 7.84. The molecule has 3 rings (SSSR count). The fourth-order valence-corrected chi connectivity index (χ4v) is 2.97. The predicted octanol–water partition coefficient (Wildman–Crippen LogP) is 1.30. The molecule has 4 heteroatoms. The van der Waals surface area contributed by atoms with Gasteiger partial charge in [0.25, 0.3) is 0 Å². The van der Waals surface area contributed by atoms with Crippen molar-refractivity contribution in [3.63, 3.8) is 0 Å². The number of aryl methyl sites for hydroxylation is 1. The zero-order valence-corrected chi connectivity index (χ0v) is 11.0. The lowest BCUT2D eigenvalue weighted by atomic mass is 9.87. The van der Waals surface area contributed by atoms with E-state index in [1.807, 2.05) is 6.07 Å². The summed E-state index contributed by atoms with van der Waals surface area (Å²) in [5.74, 6) is -0.0771. The summed E-state index contributed by atoms with van der Waals surface area (Å²) in [6.45, 7) is 0.901. The second-order valence-corrected chi connectivity index (χ2v) is 5.58. The normalized spacial score (nSPS) is 29.8. The second kappa shape index (κ2) is 4.94. The van der Waals surface area contributed by atoms with E-state index in [0.717, 1.165) is 19.3 Å². The van der Waals surface area contributed by atoms with Crippen LogP contribution >= 0.6 is 0 Å². The summed E-state index contributed by atoms with van der Waals surface area (Å²) in [6.07, 6.45) is 3.79. The average molecular weight is 260 g/mol. The van der Waals surface area contributed by atoms with Crippen molar-refractivity contribution in [1.29, 1.82) is 0 Å². The predicted molar refractivity (Wildman–Crippen MR) is 72.6 cm³/mol. The molecule has 3 N–H and O–H groups in total. The van der Waals surface area contributed by atoms with Crippen molar-refractivity contribution >= 4 is 5.91 Å². The smallest absolute Gasteiger partial charge is 0.243 e. The number of benzene rings is 1. The molecule has 2 aliphatic rings. The van der Waals surface area contributed by atoms with Crippen molar-refractivity contribution in [2.75, 3.05) is 13.2 Å². The van der Waals surface area contributed by atoms with E-state index in [2.05, 4.69) is 23.5 Å². The molecule has 2 unspecified atom stereocenters. The molecule has 1 aliphatic heterocycles. The third kappa shape index (κ3) is 2.38. The van der Waals surface area contributed by atoms with Crippen molar-refractivity contribution in [1.82, 2.24) is 5.32 Å². The minimum Gasteiger partial charge on any atom is -0.379 e. The molecule has 1 saturated heterocycles. The second-order valence-electron chi connectivity index (χ2n) is 5.58. The molecular formula is C15H20N2O2. The van der Waals surface area contributed by atoms with Gasteiger partial charge in [-0.1, -0.05) is 24.3 Å². The Kier molecular flexibility index (Phi) is 3.29. The van der Waals surface area contributed by atoms with Gasteiger partial charge in [0.1, 0.15) is 5.54 Å². The summed E-state index contributed by atoms with van der Waals surface area (Å²) >= 11 is 0. The topological polar surface area (TPSA) is 64.4 Å². The third-order valence-corrected chi connectivity index (χ3v) is 4.18. The van der Waals surface area contributed by atoms with E-state index >= 15 is 0 Å². The molecule has 4 nitrogen and oxygen atoms in total. The number of hydrogen-bond acceptors (Lipinski definition) is 3. The highest BCUT2D eigenvalue weighted by atomic mass is 16.5. The number of ether oxygens (including phenoxy) is 1. The molecule has 2 atom stereocenters. The van der Waals surface area contributed by atoms with Gasteiger partial charge in [-0.3, -0.25) is 4.79 Å². The number of amides is 1. The van der Waals surface area contributed by atoms with Crippen LogP contribution in [0.2, 0.25) is 0 Å². The highest BCUT2D eigenvalue weighted by molar-refractivity contribution is 5.87. The first kappa shape index (κ1) is 12.6. The minimum atomic E-state index is -0.841. The Morgan fingerprint density at radius 1 is 1.42 bits per heavy atom. The van der Waals surface area contributed by atoms with E-state index in [1.54, 1.807) is 0 Å². The fourth-order valence-electron chi connectivity index (χ4n) is 2.97. The monoisotopic (exact) mass is 260 g/mol. The van der Waals surface area contributed by atoms with E-state index in [0.29, 0.717) is 19.6 Å².